The number of nitrogens with zero attached hydrogens (tertiary/aromatic N) is 3. The van der Waals surface area contributed by atoms with Crippen molar-refractivity contribution in [1.82, 2.24) is 25.8 Å². The van der Waals surface area contributed by atoms with Crippen molar-refractivity contribution in [3.63, 3.8) is 0 Å². The number of hydrogen-bond donors (Lipinski definition) is 3. The maximum absolute atomic E-state index is 13.3. The summed E-state index contributed by atoms with van der Waals surface area (Å²) in [6.07, 6.45) is 0.485. The summed E-state index contributed by atoms with van der Waals surface area (Å²) in [5.74, 6) is -0.764. The van der Waals surface area contributed by atoms with Crippen molar-refractivity contribution in [3.05, 3.63) is 76.8 Å². The number of pyridine rings is 1. The van der Waals surface area contributed by atoms with Crippen molar-refractivity contribution in [2.75, 3.05) is 5.32 Å². The van der Waals surface area contributed by atoms with E-state index in [1.54, 1.807) is 12.1 Å². The first-order valence-corrected chi connectivity index (χ1v) is 10.5. The molecule has 0 saturated heterocycles. The predicted octanol–water partition coefficient (Wildman–Crippen LogP) is 3.87. The van der Waals surface area contributed by atoms with E-state index in [1.165, 1.54) is 36.8 Å². The molecule has 3 N–H and O–H groups in total. The van der Waals surface area contributed by atoms with Gasteiger partial charge in [-0.3, -0.25) is 14.6 Å². The third-order valence-electron chi connectivity index (χ3n) is 5.20. The molecule has 0 radical (unpaired) electrons. The smallest absolute Gasteiger partial charge is 0.354 e. The van der Waals surface area contributed by atoms with Crippen LogP contribution in [-0.2, 0) is 17.5 Å². The van der Waals surface area contributed by atoms with Gasteiger partial charge in [-0.05, 0) is 49.2 Å². The molecule has 176 valence electrons. The summed E-state index contributed by atoms with van der Waals surface area (Å²) >= 11 is 5.70. The SMILES string of the molecule is O=C(NC1(C(=O)NCc2ccc(Nc3ccc(Cl)cc3C(F)(F)F)cn2)CC1)c1ccnnc1. The molecular formula is C22H18ClF3N6O2. The van der Waals surface area contributed by atoms with E-state index in [0.29, 0.717) is 29.8 Å². The molecule has 2 heterocycles. The highest BCUT2D eigenvalue weighted by atomic mass is 35.5. The number of rotatable bonds is 7. The summed E-state index contributed by atoms with van der Waals surface area (Å²) in [6, 6.07) is 8.07. The van der Waals surface area contributed by atoms with Crippen LogP contribution in [0.25, 0.3) is 0 Å². The van der Waals surface area contributed by atoms with Gasteiger partial charge in [-0.15, -0.1) is 0 Å². The molecule has 1 saturated carbocycles. The number of amides is 2. The van der Waals surface area contributed by atoms with E-state index in [4.69, 9.17) is 11.6 Å². The number of aromatic nitrogens is 3. The zero-order valence-electron chi connectivity index (χ0n) is 17.5. The lowest BCUT2D eigenvalue weighted by molar-refractivity contribution is -0.137. The van der Waals surface area contributed by atoms with Crippen LogP contribution in [0.5, 0.6) is 0 Å². The van der Waals surface area contributed by atoms with Crippen LogP contribution in [-0.4, -0.2) is 32.5 Å². The minimum atomic E-state index is -4.58. The molecule has 0 unspecified atom stereocenters. The Balaban J connectivity index is 1.35. The van der Waals surface area contributed by atoms with Gasteiger partial charge in [-0.2, -0.15) is 23.4 Å². The highest BCUT2D eigenvalue weighted by Crippen LogP contribution is 2.38. The number of anilines is 2. The number of benzene rings is 1. The topological polar surface area (TPSA) is 109 Å². The number of nitrogens with one attached hydrogen (secondary N) is 3. The highest BCUT2D eigenvalue weighted by Gasteiger charge is 2.51. The summed E-state index contributed by atoms with van der Waals surface area (Å²) < 4.78 is 39.8. The summed E-state index contributed by atoms with van der Waals surface area (Å²) in [5, 5.41) is 15.4. The lowest BCUT2D eigenvalue weighted by atomic mass is 10.1. The second-order valence-electron chi connectivity index (χ2n) is 7.70. The molecule has 12 heteroatoms. The molecule has 8 nitrogen and oxygen atoms in total. The second-order valence-corrected chi connectivity index (χ2v) is 8.14. The quantitative estimate of drug-likeness (QED) is 0.464. The summed E-state index contributed by atoms with van der Waals surface area (Å²) in [4.78, 5) is 29.1. The van der Waals surface area contributed by atoms with Gasteiger partial charge in [0.2, 0.25) is 5.91 Å². The van der Waals surface area contributed by atoms with Crippen LogP contribution >= 0.6 is 11.6 Å². The van der Waals surface area contributed by atoms with E-state index in [-0.39, 0.29) is 23.2 Å². The number of alkyl halides is 3. The van der Waals surface area contributed by atoms with Gasteiger partial charge in [0.05, 0.1) is 53.3 Å². The molecule has 0 bridgehead atoms. The molecule has 1 aliphatic carbocycles. The van der Waals surface area contributed by atoms with Gasteiger partial charge >= 0.3 is 6.18 Å². The van der Waals surface area contributed by atoms with Crippen LogP contribution in [0.4, 0.5) is 24.5 Å². The number of hydrogen-bond acceptors (Lipinski definition) is 6. The van der Waals surface area contributed by atoms with E-state index in [9.17, 15) is 22.8 Å². The first kappa shape index (κ1) is 23.4. The largest absolute Gasteiger partial charge is 0.418 e. The van der Waals surface area contributed by atoms with E-state index in [1.807, 2.05) is 0 Å². The fourth-order valence-corrected chi connectivity index (χ4v) is 3.38. The molecule has 1 fully saturated rings. The summed E-state index contributed by atoms with van der Waals surface area (Å²) in [7, 11) is 0. The predicted molar refractivity (Wildman–Crippen MR) is 117 cm³/mol. The fraction of sp³-hybridized carbons (Fsp3) is 0.227. The first-order chi connectivity index (χ1) is 16.2. The van der Waals surface area contributed by atoms with Gasteiger partial charge in [-0.25, -0.2) is 0 Å². The fourth-order valence-electron chi connectivity index (χ4n) is 3.21. The van der Waals surface area contributed by atoms with Gasteiger partial charge in [0.15, 0.2) is 0 Å². The van der Waals surface area contributed by atoms with Crippen molar-refractivity contribution >= 4 is 34.8 Å². The molecule has 2 amide bonds. The molecule has 4 rings (SSSR count). The molecule has 0 aliphatic heterocycles. The van der Waals surface area contributed by atoms with E-state index >= 15 is 0 Å². The van der Waals surface area contributed by atoms with Crippen LogP contribution in [0.15, 0.2) is 55.0 Å². The molecule has 0 spiro atoms. The Hall–Kier alpha value is -3.73. The second kappa shape index (κ2) is 9.26. The normalized spacial score (nSPS) is 14.2. The van der Waals surface area contributed by atoms with Crippen LogP contribution in [0.1, 0.15) is 34.5 Å². The number of halogens is 4. The maximum Gasteiger partial charge on any atom is 0.418 e. The van der Waals surface area contributed by atoms with Crippen molar-refractivity contribution < 1.29 is 22.8 Å². The van der Waals surface area contributed by atoms with Crippen LogP contribution < -0.4 is 16.0 Å². The summed E-state index contributed by atoms with van der Waals surface area (Å²) in [6.45, 7) is 0.0856. The maximum atomic E-state index is 13.3. The average molecular weight is 491 g/mol. The molecule has 3 aromatic rings. The average Bonchev–Trinajstić information content (AvgIpc) is 3.60. The molecule has 1 aliphatic rings. The minimum absolute atomic E-state index is 0.0239. The van der Waals surface area contributed by atoms with Crippen molar-refractivity contribution in [1.29, 1.82) is 0 Å². The molecule has 2 aromatic heterocycles. The molecule has 34 heavy (non-hydrogen) atoms. The zero-order chi connectivity index (χ0) is 24.3. The van der Waals surface area contributed by atoms with Gasteiger partial charge < -0.3 is 16.0 Å². The van der Waals surface area contributed by atoms with Gasteiger partial charge in [-0.1, -0.05) is 11.6 Å². The monoisotopic (exact) mass is 490 g/mol. The highest BCUT2D eigenvalue weighted by molar-refractivity contribution is 6.30. The van der Waals surface area contributed by atoms with E-state index in [0.717, 1.165) is 6.07 Å². The Labute approximate surface area is 196 Å². The van der Waals surface area contributed by atoms with E-state index in [2.05, 4.69) is 31.1 Å². The Morgan fingerprint density at radius 2 is 1.85 bits per heavy atom. The minimum Gasteiger partial charge on any atom is -0.354 e. The number of carbonyl (C=O) groups is 2. The summed E-state index contributed by atoms with van der Waals surface area (Å²) in [5.41, 5.74) is -0.907. The van der Waals surface area contributed by atoms with Crippen LogP contribution in [0.2, 0.25) is 5.02 Å². The van der Waals surface area contributed by atoms with Crippen LogP contribution in [0.3, 0.4) is 0 Å². The Bertz CT molecular complexity index is 1200. The Morgan fingerprint density at radius 3 is 2.47 bits per heavy atom. The molecular weight excluding hydrogens is 473 g/mol. The number of carbonyl (C=O) groups excluding carboxylic acids is 2. The van der Waals surface area contributed by atoms with Crippen molar-refractivity contribution in [3.8, 4) is 0 Å². The van der Waals surface area contributed by atoms with Crippen LogP contribution in [0, 0.1) is 0 Å². The Morgan fingerprint density at radius 1 is 1.06 bits per heavy atom. The van der Waals surface area contributed by atoms with Crippen molar-refractivity contribution in [2.24, 2.45) is 0 Å². The Kier molecular flexibility index (Phi) is 6.38. The van der Waals surface area contributed by atoms with Gasteiger partial charge in [0.1, 0.15) is 5.54 Å². The molecule has 0 atom stereocenters. The standard InChI is InChI=1S/C22H18ClF3N6O2/c23-14-1-4-18(17(9-14)22(24,25)26)31-16-3-2-15(27-12-16)11-28-20(34)21(6-7-21)32-19(33)13-5-8-29-30-10-13/h1-5,8-10,12,31H,6-7,11H2,(H,28,34)(H,32,33). The van der Waals surface area contributed by atoms with Gasteiger partial charge in [0, 0.05) is 5.02 Å². The first-order valence-electron chi connectivity index (χ1n) is 10.1. The third-order valence-corrected chi connectivity index (χ3v) is 5.44. The van der Waals surface area contributed by atoms with Gasteiger partial charge in [0.25, 0.3) is 5.91 Å². The molecule has 1 aromatic carbocycles. The third kappa shape index (κ3) is 5.42. The lowest BCUT2D eigenvalue weighted by Crippen LogP contribution is -2.48. The lowest BCUT2D eigenvalue weighted by Gasteiger charge is -2.17. The van der Waals surface area contributed by atoms with Crippen molar-refractivity contribution in [2.45, 2.75) is 31.1 Å². The zero-order valence-corrected chi connectivity index (χ0v) is 18.2. The van der Waals surface area contributed by atoms with E-state index < -0.39 is 23.2 Å².